The number of furan rings is 1. The highest BCUT2D eigenvalue weighted by atomic mass is 16.5. The summed E-state index contributed by atoms with van der Waals surface area (Å²) >= 11 is 0. The van der Waals surface area contributed by atoms with Gasteiger partial charge < -0.3 is 9.15 Å². The lowest BCUT2D eigenvalue weighted by atomic mass is 9.82. The van der Waals surface area contributed by atoms with Crippen molar-refractivity contribution in [2.45, 2.75) is 71.6 Å². The summed E-state index contributed by atoms with van der Waals surface area (Å²) < 4.78 is 15.4. The number of nitrogens with zero attached hydrogens (tertiary/aromatic N) is 3. The van der Waals surface area contributed by atoms with Crippen molar-refractivity contribution < 1.29 is 9.15 Å². The first-order valence-corrected chi connectivity index (χ1v) is 16.1. The molecule has 46 heavy (non-hydrogen) atoms. The molecule has 0 unspecified atom stereocenters. The number of benzene rings is 3. The second-order valence-electron chi connectivity index (χ2n) is 15.2. The molecular weight excluding hydrogens is 566 g/mol. The molecule has 0 radical (unpaired) electrons. The van der Waals surface area contributed by atoms with Crippen molar-refractivity contribution in [2.75, 3.05) is 0 Å². The SMILES string of the molecule is CC(C)(C)c1ccnc(-n2c3ccccc3c3ccc(Oc4ccc5oc6c(c5c4)-c4ncc(C(C)(C)C)cc4C6(C)C)cc32)c1. The van der Waals surface area contributed by atoms with Crippen molar-refractivity contribution in [3.8, 4) is 28.6 Å². The van der Waals surface area contributed by atoms with Gasteiger partial charge in [0.15, 0.2) is 0 Å². The van der Waals surface area contributed by atoms with E-state index in [1.165, 1.54) is 22.1 Å². The fraction of sp³-hybridized carbons (Fsp3) is 0.268. The maximum atomic E-state index is 6.60. The van der Waals surface area contributed by atoms with Crippen molar-refractivity contribution >= 4 is 32.8 Å². The van der Waals surface area contributed by atoms with Gasteiger partial charge in [-0.25, -0.2) is 4.98 Å². The molecule has 4 heterocycles. The predicted molar refractivity (Wildman–Crippen MR) is 188 cm³/mol. The summed E-state index contributed by atoms with van der Waals surface area (Å²) in [5.74, 6) is 3.37. The second-order valence-corrected chi connectivity index (χ2v) is 15.2. The largest absolute Gasteiger partial charge is 0.459 e. The van der Waals surface area contributed by atoms with Gasteiger partial charge in [0.25, 0.3) is 0 Å². The van der Waals surface area contributed by atoms with Crippen molar-refractivity contribution in [3.05, 3.63) is 114 Å². The lowest BCUT2D eigenvalue weighted by Gasteiger charge is -2.23. The zero-order valence-corrected chi connectivity index (χ0v) is 27.8. The van der Waals surface area contributed by atoms with Gasteiger partial charge in [0, 0.05) is 34.6 Å². The number of aromatic nitrogens is 3. The van der Waals surface area contributed by atoms with Crippen molar-refractivity contribution in [1.29, 1.82) is 0 Å². The number of hydrogen-bond acceptors (Lipinski definition) is 4. The van der Waals surface area contributed by atoms with Crippen molar-refractivity contribution in [3.63, 3.8) is 0 Å². The van der Waals surface area contributed by atoms with Gasteiger partial charge >= 0.3 is 0 Å². The van der Waals surface area contributed by atoms with Crippen LogP contribution in [-0.2, 0) is 16.2 Å². The fourth-order valence-electron chi connectivity index (χ4n) is 6.89. The Morgan fingerprint density at radius 3 is 2.20 bits per heavy atom. The van der Waals surface area contributed by atoms with Crippen LogP contribution in [-0.4, -0.2) is 14.5 Å². The van der Waals surface area contributed by atoms with E-state index in [-0.39, 0.29) is 16.2 Å². The third-order valence-corrected chi connectivity index (χ3v) is 9.61. The molecule has 1 aliphatic rings. The standard InChI is InChI=1S/C41H39N3O2/c1-39(2,3)24-17-18-42-35(20-24)44-32-12-10-9-11-28(32)29-15-13-27(22-33(29)44)45-26-14-16-34-30(21-26)36-37-31(41(7,8)38(36)46-34)19-25(23-43-37)40(4,5)6/h9-23H,1-8H3. The van der Waals surface area contributed by atoms with E-state index in [4.69, 9.17) is 19.1 Å². The van der Waals surface area contributed by atoms with Crippen LogP contribution in [0.1, 0.15) is 77.8 Å². The molecule has 5 heteroatoms. The Labute approximate surface area is 269 Å². The van der Waals surface area contributed by atoms with E-state index in [2.05, 4.69) is 127 Å². The number of pyridine rings is 2. The van der Waals surface area contributed by atoms with Gasteiger partial charge in [0.2, 0.25) is 0 Å². The quantitative estimate of drug-likeness (QED) is 0.201. The van der Waals surface area contributed by atoms with Crippen LogP contribution < -0.4 is 4.74 Å². The number of rotatable bonds is 3. The number of para-hydroxylation sites is 1. The number of hydrogen-bond donors (Lipinski definition) is 0. The highest BCUT2D eigenvalue weighted by molar-refractivity contribution is 6.09. The van der Waals surface area contributed by atoms with Crippen molar-refractivity contribution in [2.24, 2.45) is 0 Å². The molecule has 4 aromatic heterocycles. The van der Waals surface area contributed by atoms with E-state index in [9.17, 15) is 0 Å². The molecule has 230 valence electrons. The third-order valence-electron chi connectivity index (χ3n) is 9.61. The fourth-order valence-corrected chi connectivity index (χ4v) is 6.89. The minimum absolute atomic E-state index is 0.0107. The minimum atomic E-state index is -0.282. The smallest absolute Gasteiger partial charge is 0.137 e. The Morgan fingerprint density at radius 1 is 0.696 bits per heavy atom. The van der Waals surface area contributed by atoms with Gasteiger partial charge in [-0.3, -0.25) is 9.55 Å². The molecule has 7 aromatic rings. The zero-order chi connectivity index (χ0) is 32.2. The molecular formula is C41H39N3O2. The summed E-state index contributed by atoms with van der Waals surface area (Å²) in [7, 11) is 0. The summed E-state index contributed by atoms with van der Waals surface area (Å²) in [6, 6.07) is 27.5. The average Bonchev–Trinajstić information content (AvgIpc) is 3.62. The zero-order valence-electron chi connectivity index (χ0n) is 27.8. The highest BCUT2D eigenvalue weighted by Crippen LogP contribution is 2.53. The molecule has 0 fully saturated rings. The first-order chi connectivity index (χ1) is 21.8. The average molecular weight is 606 g/mol. The summed E-state index contributed by atoms with van der Waals surface area (Å²) in [4.78, 5) is 9.83. The molecule has 8 rings (SSSR count). The Bertz CT molecular complexity index is 2340. The van der Waals surface area contributed by atoms with Crippen LogP contribution in [0.2, 0.25) is 0 Å². The lowest BCUT2D eigenvalue weighted by Crippen LogP contribution is -2.18. The van der Waals surface area contributed by atoms with Gasteiger partial charge in [-0.15, -0.1) is 0 Å². The second kappa shape index (κ2) is 9.56. The van der Waals surface area contributed by atoms with Gasteiger partial charge in [-0.1, -0.05) is 65.8 Å². The normalized spacial score (nSPS) is 14.3. The van der Waals surface area contributed by atoms with Gasteiger partial charge in [0.1, 0.15) is 28.7 Å². The summed E-state index contributed by atoms with van der Waals surface area (Å²) in [5, 5.41) is 3.37. The van der Waals surface area contributed by atoms with Crippen LogP contribution in [0.25, 0.3) is 49.9 Å². The maximum Gasteiger partial charge on any atom is 0.137 e. The van der Waals surface area contributed by atoms with Gasteiger partial charge in [-0.05, 0) is 89.9 Å². The number of ether oxygens (including phenoxy) is 1. The van der Waals surface area contributed by atoms with Gasteiger partial charge in [-0.2, -0.15) is 0 Å². The molecule has 0 spiro atoms. The van der Waals surface area contributed by atoms with E-state index in [1.54, 1.807) is 0 Å². The minimum Gasteiger partial charge on any atom is -0.459 e. The molecule has 0 bridgehead atoms. The van der Waals surface area contributed by atoms with Crippen LogP contribution in [0.4, 0.5) is 0 Å². The first kappa shape index (κ1) is 28.6. The summed E-state index contributed by atoms with van der Waals surface area (Å²) in [6.45, 7) is 17.8. The molecule has 0 atom stereocenters. The predicted octanol–water partition coefficient (Wildman–Crippen LogP) is 11.0. The molecule has 3 aromatic carbocycles. The van der Waals surface area contributed by atoms with E-state index in [0.29, 0.717) is 0 Å². The van der Waals surface area contributed by atoms with E-state index in [1.807, 2.05) is 24.5 Å². The molecule has 0 amide bonds. The van der Waals surface area contributed by atoms with Crippen LogP contribution >= 0.6 is 0 Å². The van der Waals surface area contributed by atoms with Crippen LogP contribution in [0.5, 0.6) is 11.5 Å². The van der Waals surface area contributed by atoms with E-state index in [0.717, 1.165) is 61.7 Å². The van der Waals surface area contributed by atoms with Crippen LogP contribution in [0.3, 0.4) is 0 Å². The maximum absolute atomic E-state index is 6.60. The highest BCUT2D eigenvalue weighted by Gasteiger charge is 2.42. The van der Waals surface area contributed by atoms with E-state index < -0.39 is 0 Å². The first-order valence-electron chi connectivity index (χ1n) is 16.1. The summed E-state index contributed by atoms with van der Waals surface area (Å²) in [6.07, 6.45) is 3.93. The van der Waals surface area contributed by atoms with Gasteiger partial charge in [0.05, 0.1) is 27.7 Å². The number of fused-ring (bicyclic) bond motifs is 8. The van der Waals surface area contributed by atoms with Crippen LogP contribution in [0, 0.1) is 0 Å². The Hall–Kier alpha value is -4.90. The molecule has 0 N–H and O–H groups in total. The topological polar surface area (TPSA) is 53.1 Å². The Morgan fingerprint density at radius 2 is 1.41 bits per heavy atom. The third kappa shape index (κ3) is 4.28. The molecule has 0 saturated heterocycles. The van der Waals surface area contributed by atoms with Crippen LogP contribution in [0.15, 0.2) is 95.7 Å². The Balaban J connectivity index is 1.24. The molecule has 0 saturated carbocycles. The lowest BCUT2D eigenvalue weighted by molar-refractivity contribution is 0.462. The Kier molecular flexibility index (Phi) is 5.93. The van der Waals surface area contributed by atoms with E-state index >= 15 is 0 Å². The van der Waals surface area contributed by atoms with Crippen molar-refractivity contribution in [1.82, 2.24) is 14.5 Å². The molecule has 0 aliphatic heterocycles. The molecule has 1 aliphatic carbocycles. The monoisotopic (exact) mass is 605 g/mol. The molecule has 5 nitrogen and oxygen atoms in total. The summed E-state index contributed by atoms with van der Waals surface area (Å²) in [5.41, 5.74) is 8.51.